The lowest BCUT2D eigenvalue weighted by Gasteiger charge is -2.09. The van der Waals surface area contributed by atoms with Crippen molar-refractivity contribution in [2.24, 2.45) is 0 Å². The highest BCUT2D eigenvalue weighted by Crippen LogP contribution is 2.10. The van der Waals surface area contributed by atoms with Crippen LogP contribution in [0.2, 0.25) is 0 Å². The predicted octanol–water partition coefficient (Wildman–Crippen LogP) is 4.30. The molecule has 0 fully saturated rings. The quantitative estimate of drug-likeness (QED) is 0.401. The van der Waals surface area contributed by atoms with E-state index in [4.69, 9.17) is 12.2 Å². The average molecular weight is 235 g/mol. The second-order valence-electron chi connectivity index (χ2n) is 3.56. The smallest absolute Gasteiger partial charge is 0.0765 e. The highest BCUT2D eigenvalue weighted by molar-refractivity contribution is 7.80. The molecule has 1 N–H and O–H groups in total. The second kappa shape index (κ2) is 9.10. The molecule has 0 rings (SSSR count). The molecule has 0 aliphatic rings. The molecule has 0 spiro atoms. The van der Waals surface area contributed by atoms with Gasteiger partial charge in [-0.3, -0.25) is 0 Å². The molecule has 2 heteroatoms. The van der Waals surface area contributed by atoms with Crippen molar-refractivity contribution in [2.75, 3.05) is 0 Å². The Morgan fingerprint density at radius 3 is 2.62 bits per heavy atom. The van der Waals surface area contributed by atoms with Gasteiger partial charge in [0.2, 0.25) is 0 Å². The van der Waals surface area contributed by atoms with Gasteiger partial charge in [0.25, 0.3) is 0 Å². The summed E-state index contributed by atoms with van der Waals surface area (Å²) in [4.78, 5) is 0.735. The molecular weight excluding hydrogens is 214 g/mol. The first kappa shape index (κ1) is 14.8. The summed E-state index contributed by atoms with van der Waals surface area (Å²) in [5.74, 6) is 0. The predicted molar refractivity (Wildman–Crippen MR) is 77.5 cm³/mol. The Kier molecular flexibility index (Phi) is 8.45. The summed E-state index contributed by atoms with van der Waals surface area (Å²) >= 11 is 5.00. The van der Waals surface area contributed by atoms with Gasteiger partial charge in [-0.15, -0.1) is 0 Å². The van der Waals surface area contributed by atoms with E-state index < -0.39 is 0 Å². The average Bonchev–Trinajstić information content (AvgIpc) is 2.22. The SMILES string of the molecule is C=C/C=C\C(=C/CCCC)C(=C)NC(C)=S. The van der Waals surface area contributed by atoms with Crippen LogP contribution in [0.25, 0.3) is 0 Å². The maximum absolute atomic E-state index is 5.00. The van der Waals surface area contributed by atoms with E-state index >= 15 is 0 Å². The topological polar surface area (TPSA) is 12.0 Å². The molecule has 0 aromatic carbocycles. The van der Waals surface area contributed by atoms with Gasteiger partial charge in [-0.25, -0.2) is 0 Å². The molecule has 0 saturated carbocycles. The van der Waals surface area contributed by atoms with Crippen LogP contribution in [0.3, 0.4) is 0 Å². The molecular formula is C14H21NS. The lowest BCUT2D eigenvalue weighted by molar-refractivity contribution is 0.812. The van der Waals surface area contributed by atoms with Crippen molar-refractivity contribution >= 4 is 17.2 Å². The number of rotatable bonds is 7. The van der Waals surface area contributed by atoms with E-state index in [1.165, 1.54) is 12.8 Å². The zero-order valence-corrected chi connectivity index (χ0v) is 11.1. The van der Waals surface area contributed by atoms with Gasteiger partial charge in [0, 0.05) is 5.70 Å². The van der Waals surface area contributed by atoms with Crippen molar-refractivity contribution in [1.82, 2.24) is 5.32 Å². The molecule has 0 saturated heterocycles. The summed E-state index contributed by atoms with van der Waals surface area (Å²) in [5, 5.41) is 3.06. The molecule has 0 amide bonds. The van der Waals surface area contributed by atoms with Crippen LogP contribution >= 0.6 is 12.2 Å². The highest BCUT2D eigenvalue weighted by Gasteiger charge is 1.98. The fourth-order valence-corrected chi connectivity index (χ4v) is 1.33. The van der Waals surface area contributed by atoms with Gasteiger partial charge in [0.1, 0.15) is 0 Å². The largest absolute Gasteiger partial charge is 0.350 e. The maximum Gasteiger partial charge on any atom is 0.0765 e. The molecule has 0 aliphatic carbocycles. The van der Waals surface area contributed by atoms with Crippen LogP contribution in [-0.4, -0.2) is 4.99 Å². The van der Waals surface area contributed by atoms with Gasteiger partial charge in [-0.1, -0.05) is 69.4 Å². The van der Waals surface area contributed by atoms with E-state index in [9.17, 15) is 0 Å². The molecule has 0 radical (unpaired) electrons. The monoisotopic (exact) mass is 235 g/mol. The molecule has 0 bridgehead atoms. The molecule has 1 nitrogen and oxygen atoms in total. The third-order valence-corrected chi connectivity index (χ3v) is 2.11. The molecule has 0 heterocycles. The lowest BCUT2D eigenvalue weighted by atomic mass is 10.1. The van der Waals surface area contributed by atoms with Gasteiger partial charge in [0.05, 0.1) is 4.99 Å². The highest BCUT2D eigenvalue weighted by atomic mass is 32.1. The van der Waals surface area contributed by atoms with Crippen LogP contribution in [0.4, 0.5) is 0 Å². The second-order valence-corrected chi connectivity index (χ2v) is 4.17. The molecule has 88 valence electrons. The molecule has 0 unspecified atom stereocenters. The molecule has 0 atom stereocenters. The van der Waals surface area contributed by atoms with Gasteiger partial charge in [0.15, 0.2) is 0 Å². The summed E-state index contributed by atoms with van der Waals surface area (Å²) in [6, 6.07) is 0. The van der Waals surface area contributed by atoms with Gasteiger partial charge in [-0.2, -0.15) is 0 Å². The summed E-state index contributed by atoms with van der Waals surface area (Å²) in [6.45, 7) is 11.7. The Balaban J connectivity index is 4.58. The third kappa shape index (κ3) is 7.18. The van der Waals surface area contributed by atoms with E-state index in [-0.39, 0.29) is 0 Å². The summed E-state index contributed by atoms with van der Waals surface area (Å²) in [7, 11) is 0. The van der Waals surface area contributed by atoms with Crippen LogP contribution in [0.5, 0.6) is 0 Å². The maximum atomic E-state index is 5.00. The summed E-state index contributed by atoms with van der Waals surface area (Å²) in [6.07, 6.45) is 11.3. The van der Waals surface area contributed by atoms with Crippen LogP contribution in [0.15, 0.2) is 48.7 Å². The number of thiocarbonyl (C=S) groups is 1. The van der Waals surface area contributed by atoms with Gasteiger partial charge < -0.3 is 5.32 Å². The first-order chi connectivity index (χ1) is 7.61. The minimum Gasteiger partial charge on any atom is -0.350 e. The fourth-order valence-electron chi connectivity index (χ4n) is 1.21. The van der Waals surface area contributed by atoms with Crippen molar-refractivity contribution < 1.29 is 0 Å². The van der Waals surface area contributed by atoms with Gasteiger partial charge >= 0.3 is 0 Å². The Bertz CT molecular complexity index is 311. The van der Waals surface area contributed by atoms with Crippen LogP contribution < -0.4 is 5.32 Å². The number of hydrogen-bond donors (Lipinski definition) is 1. The molecule has 0 aliphatic heterocycles. The van der Waals surface area contributed by atoms with E-state index in [2.05, 4.69) is 31.5 Å². The zero-order valence-electron chi connectivity index (χ0n) is 10.3. The minimum atomic E-state index is 0.735. The van der Waals surface area contributed by atoms with E-state index in [1.807, 2.05) is 19.1 Å². The lowest BCUT2D eigenvalue weighted by Crippen LogP contribution is -2.17. The molecule has 0 aromatic rings. The first-order valence-corrected chi connectivity index (χ1v) is 5.98. The van der Waals surface area contributed by atoms with Gasteiger partial charge in [-0.05, 0) is 18.9 Å². The summed E-state index contributed by atoms with van der Waals surface area (Å²) < 4.78 is 0. The normalized spacial score (nSPS) is 11.5. The van der Waals surface area contributed by atoms with E-state index in [1.54, 1.807) is 6.08 Å². The number of hydrogen-bond acceptors (Lipinski definition) is 1. The number of allylic oxidation sites excluding steroid dienone is 4. The van der Waals surface area contributed by atoms with E-state index in [0.717, 1.165) is 22.7 Å². The Labute approximate surface area is 105 Å². The third-order valence-electron chi connectivity index (χ3n) is 2.01. The fraction of sp³-hybridized carbons (Fsp3) is 0.357. The first-order valence-electron chi connectivity index (χ1n) is 5.58. The van der Waals surface area contributed by atoms with Crippen molar-refractivity contribution in [3.8, 4) is 0 Å². The van der Waals surface area contributed by atoms with Crippen molar-refractivity contribution in [2.45, 2.75) is 33.1 Å². The standard InChI is InChI=1S/C14H21NS/c1-5-7-9-11-14(10-8-6-2)12(3)15-13(4)16/h6,8,10-11H,2-3,5,7,9H2,1,4H3,(H,15,16)/b10-8-,14-11+. The van der Waals surface area contributed by atoms with Crippen LogP contribution in [0.1, 0.15) is 33.1 Å². The minimum absolute atomic E-state index is 0.735. The Hall–Kier alpha value is -1.15. The molecule has 0 aromatic heterocycles. The Morgan fingerprint density at radius 2 is 2.12 bits per heavy atom. The van der Waals surface area contributed by atoms with Crippen LogP contribution in [-0.2, 0) is 0 Å². The van der Waals surface area contributed by atoms with Crippen LogP contribution in [0, 0.1) is 0 Å². The molecule has 16 heavy (non-hydrogen) atoms. The van der Waals surface area contributed by atoms with Crippen molar-refractivity contribution in [3.05, 3.63) is 48.7 Å². The van der Waals surface area contributed by atoms with E-state index in [0.29, 0.717) is 0 Å². The van der Waals surface area contributed by atoms with Crippen molar-refractivity contribution in [3.63, 3.8) is 0 Å². The number of unbranched alkanes of at least 4 members (excludes halogenated alkanes) is 2. The zero-order chi connectivity index (χ0) is 12.4. The Morgan fingerprint density at radius 1 is 1.44 bits per heavy atom. The summed E-state index contributed by atoms with van der Waals surface area (Å²) in [5.41, 5.74) is 1.93. The number of nitrogens with one attached hydrogen (secondary N) is 1. The van der Waals surface area contributed by atoms with Crippen molar-refractivity contribution in [1.29, 1.82) is 0 Å².